The highest BCUT2D eigenvalue weighted by Gasteiger charge is 2.03. The molecule has 6 heteroatoms. The van der Waals surface area contributed by atoms with Crippen LogP contribution in [0.25, 0.3) is 0 Å². The summed E-state index contributed by atoms with van der Waals surface area (Å²) >= 11 is 0. The third-order valence-corrected chi connectivity index (χ3v) is 3.20. The lowest BCUT2D eigenvalue weighted by atomic mass is 10.2. The van der Waals surface area contributed by atoms with Gasteiger partial charge in [-0.3, -0.25) is 22.3 Å². The first-order valence-corrected chi connectivity index (χ1v) is 7.28. The summed E-state index contributed by atoms with van der Waals surface area (Å²) in [7, 11) is 0. The Kier molecular flexibility index (Phi) is 5.57. The van der Waals surface area contributed by atoms with Gasteiger partial charge in [-0.25, -0.2) is 0 Å². The van der Waals surface area contributed by atoms with Gasteiger partial charge in [-0.1, -0.05) is 0 Å². The van der Waals surface area contributed by atoms with Gasteiger partial charge in [0.15, 0.2) is 0 Å². The molecule has 2 aromatic rings. The molecule has 0 bridgehead atoms. The molecule has 0 spiro atoms. The van der Waals surface area contributed by atoms with E-state index in [-0.39, 0.29) is 0 Å². The molecule has 2 aromatic carbocycles. The highest BCUT2D eigenvalue weighted by atomic mass is 16.5. The van der Waals surface area contributed by atoms with Crippen LogP contribution in [-0.4, -0.2) is 24.9 Å². The fourth-order valence-electron chi connectivity index (χ4n) is 1.93. The van der Waals surface area contributed by atoms with Gasteiger partial charge in [-0.05, 0) is 48.5 Å². The Balaban J connectivity index is 1.69. The lowest BCUT2D eigenvalue weighted by Crippen LogP contribution is -2.46. The number of rotatable bonds is 8. The van der Waals surface area contributed by atoms with Crippen LogP contribution < -0.4 is 31.8 Å². The van der Waals surface area contributed by atoms with Crippen LogP contribution >= 0.6 is 0 Å². The summed E-state index contributed by atoms with van der Waals surface area (Å²) < 4.78 is 11.2. The van der Waals surface area contributed by atoms with Crippen molar-refractivity contribution in [2.45, 2.75) is 6.42 Å². The molecule has 2 rings (SSSR count). The predicted molar refractivity (Wildman–Crippen MR) is 88.9 cm³/mol. The summed E-state index contributed by atoms with van der Waals surface area (Å²) in [4.78, 5) is 0. The molecule has 0 aliphatic rings. The maximum atomic E-state index is 5.62. The largest absolute Gasteiger partial charge is 0.493 e. The van der Waals surface area contributed by atoms with Crippen molar-refractivity contribution in [2.75, 3.05) is 13.2 Å². The van der Waals surface area contributed by atoms with E-state index in [0.717, 1.165) is 29.0 Å². The standard InChI is InChI=1S/C17H20N4O2/c18-16(19)12-2-6-14(7-3-12)22-10-1-11-23-15-8-4-13(5-9-15)17(20)21/h2-9H,1,10-11H2,(H3,18,19)(H3,20,21)/p+2. The Labute approximate surface area is 135 Å². The van der Waals surface area contributed by atoms with Gasteiger partial charge in [-0.15, -0.1) is 0 Å². The molecular formula is C17H22N4O2+2. The minimum atomic E-state index is 0.296. The molecule has 120 valence electrons. The summed E-state index contributed by atoms with van der Waals surface area (Å²) in [6.07, 6.45) is 0.764. The minimum Gasteiger partial charge on any atom is -0.493 e. The molecule has 0 amide bonds. The summed E-state index contributed by atoms with van der Waals surface area (Å²) in [6, 6.07) is 14.6. The molecule has 0 aliphatic heterocycles. The van der Waals surface area contributed by atoms with Crippen molar-refractivity contribution < 1.29 is 20.3 Å². The third-order valence-electron chi connectivity index (χ3n) is 3.20. The van der Waals surface area contributed by atoms with E-state index in [9.17, 15) is 0 Å². The number of ether oxygens (including phenoxy) is 2. The second-order valence-electron chi connectivity index (χ2n) is 5.01. The smallest absolute Gasteiger partial charge is 0.270 e. The molecular weight excluding hydrogens is 292 g/mol. The molecule has 0 aliphatic carbocycles. The lowest BCUT2D eigenvalue weighted by Gasteiger charge is -2.08. The van der Waals surface area contributed by atoms with Crippen molar-refractivity contribution in [3.63, 3.8) is 0 Å². The van der Waals surface area contributed by atoms with E-state index in [4.69, 9.17) is 31.8 Å². The molecule has 6 nitrogen and oxygen atoms in total. The molecule has 23 heavy (non-hydrogen) atoms. The lowest BCUT2D eigenvalue weighted by molar-refractivity contribution is -0.115. The minimum absolute atomic E-state index is 0.296. The normalized spacial score (nSPS) is 10.1. The van der Waals surface area contributed by atoms with Gasteiger partial charge in [0.05, 0.1) is 24.3 Å². The zero-order valence-electron chi connectivity index (χ0n) is 12.9. The number of benzene rings is 2. The number of amidine groups is 2. The molecule has 0 saturated heterocycles. The highest BCUT2D eigenvalue weighted by Crippen LogP contribution is 2.13. The van der Waals surface area contributed by atoms with Crippen LogP contribution in [0.1, 0.15) is 17.5 Å². The van der Waals surface area contributed by atoms with E-state index in [2.05, 4.69) is 0 Å². The Morgan fingerprint density at radius 2 is 1.04 bits per heavy atom. The SMILES string of the molecule is NC(=[NH2+])c1ccc(OCCCOc2ccc(C(N)=[NH2+])cc2)cc1. The van der Waals surface area contributed by atoms with Gasteiger partial charge >= 0.3 is 0 Å². The van der Waals surface area contributed by atoms with E-state index in [1.165, 1.54) is 0 Å². The van der Waals surface area contributed by atoms with Gasteiger partial charge in [0.1, 0.15) is 11.5 Å². The first-order chi connectivity index (χ1) is 11.1. The van der Waals surface area contributed by atoms with E-state index in [0.29, 0.717) is 24.9 Å². The van der Waals surface area contributed by atoms with Crippen molar-refractivity contribution in [3.8, 4) is 11.5 Å². The monoisotopic (exact) mass is 314 g/mol. The molecule has 0 atom stereocenters. The number of hydrogen-bond donors (Lipinski definition) is 4. The topological polar surface area (TPSA) is 122 Å². The maximum absolute atomic E-state index is 5.62. The average Bonchev–Trinajstić information content (AvgIpc) is 2.55. The van der Waals surface area contributed by atoms with Crippen molar-refractivity contribution in [1.82, 2.24) is 0 Å². The van der Waals surface area contributed by atoms with Gasteiger partial charge < -0.3 is 9.47 Å². The fourth-order valence-corrected chi connectivity index (χ4v) is 1.93. The first-order valence-electron chi connectivity index (χ1n) is 7.28. The zero-order chi connectivity index (χ0) is 16.7. The Hall–Kier alpha value is -3.02. The van der Waals surface area contributed by atoms with Crippen LogP contribution in [0, 0.1) is 0 Å². The Morgan fingerprint density at radius 3 is 1.35 bits per heavy atom. The van der Waals surface area contributed by atoms with E-state index in [1.54, 1.807) is 0 Å². The fraction of sp³-hybridized carbons (Fsp3) is 0.176. The summed E-state index contributed by atoms with van der Waals surface area (Å²) in [5.74, 6) is 2.14. The predicted octanol–water partition coefficient (Wildman–Crippen LogP) is -1.54. The molecule has 0 fully saturated rings. The summed E-state index contributed by atoms with van der Waals surface area (Å²) in [5.41, 5.74) is 12.6. The maximum Gasteiger partial charge on any atom is 0.270 e. The molecule has 0 unspecified atom stereocenters. The second kappa shape index (κ2) is 7.84. The van der Waals surface area contributed by atoms with Gasteiger partial charge in [0.25, 0.3) is 11.7 Å². The van der Waals surface area contributed by atoms with Crippen molar-refractivity contribution in [1.29, 1.82) is 0 Å². The van der Waals surface area contributed by atoms with Crippen LogP contribution in [0.4, 0.5) is 0 Å². The summed E-state index contributed by atoms with van der Waals surface area (Å²) in [6.45, 7) is 1.12. The number of hydrogen-bond acceptors (Lipinski definition) is 2. The van der Waals surface area contributed by atoms with E-state index >= 15 is 0 Å². The molecule has 8 N–H and O–H groups in total. The first kappa shape index (κ1) is 16.4. The Morgan fingerprint density at radius 1 is 0.696 bits per heavy atom. The average molecular weight is 314 g/mol. The van der Waals surface area contributed by atoms with Crippen molar-refractivity contribution >= 4 is 11.7 Å². The zero-order valence-corrected chi connectivity index (χ0v) is 12.9. The highest BCUT2D eigenvalue weighted by molar-refractivity contribution is 5.93. The van der Waals surface area contributed by atoms with Crippen LogP contribution in [0.3, 0.4) is 0 Å². The quantitative estimate of drug-likeness (QED) is 0.268. The van der Waals surface area contributed by atoms with E-state index < -0.39 is 0 Å². The third kappa shape index (κ3) is 5.03. The van der Waals surface area contributed by atoms with Crippen molar-refractivity contribution in [3.05, 3.63) is 59.7 Å². The van der Waals surface area contributed by atoms with Crippen LogP contribution in [0.2, 0.25) is 0 Å². The van der Waals surface area contributed by atoms with Gasteiger partial charge in [0, 0.05) is 6.42 Å². The van der Waals surface area contributed by atoms with E-state index in [1.807, 2.05) is 48.5 Å². The van der Waals surface area contributed by atoms with Crippen LogP contribution in [0.5, 0.6) is 11.5 Å². The van der Waals surface area contributed by atoms with Gasteiger partial charge in [-0.2, -0.15) is 0 Å². The van der Waals surface area contributed by atoms with Crippen LogP contribution in [0.15, 0.2) is 48.5 Å². The van der Waals surface area contributed by atoms with Crippen molar-refractivity contribution in [2.24, 2.45) is 11.5 Å². The number of nitrogens with two attached hydrogens (primary N) is 4. The molecule has 0 radical (unpaired) electrons. The second-order valence-corrected chi connectivity index (χ2v) is 5.01. The summed E-state index contributed by atoms with van der Waals surface area (Å²) in [5, 5.41) is 11.0. The molecule has 0 saturated carbocycles. The Bertz CT molecular complexity index is 606. The molecule has 0 heterocycles. The molecule has 0 aromatic heterocycles. The van der Waals surface area contributed by atoms with Gasteiger partial charge in [0.2, 0.25) is 0 Å². The van der Waals surface area contributed by atoms with Crippen LogP contribution in [-0.2, 0) is 0 Å².